The molecule has 0 fully saturated rings. The molecule has 4 amide bonds. The lowest BCUT2D eigenvalue weighted by Gasteiger charge is -2.33. The van der Waals surface area contributed by atoms with Gasteiger partial charge >= 0.3 is 12.1 Å². The van der Waals surface area contributed by atoms with Crippen molar-refractivity contribution in [3.63, 3.8) is 0 Å². The topological polar surface area (TPSA) is 178 Å². The maximum absolute atomic E-state index is 12.4. The number of nitrogens with zero attached hydrogens (tertiary/aromatic N) is 6. The molecule has 288 valence electrons. The molecule has 0 aliphatic carbocycles. The highest BCUT2D eigenvalue weighted by Crippen LogP contribution is 2.41. The number of carbonyl (C=O) groups is 2. The number of nitriles is 2. The van der Waals surface area contributed by atoms with Crippen molar-refractivity contribution >= 4 is 45.9 Å². The van der Waals surface area contributed by atoms with Gasteiger partial charge in [-0.15, -0.1) is 22.7 Å². The summed E-state index contributed by atoms with van der Waals surface area (Å²) in [6, 6.07) is 31.4. The van der Waals surface area contributed by atoms with E-state index in [0.717, 1.165) is 66.2 Å². The van der Waals surface area contributed by atoms with Gasteiger partial charge < -0.3 is 30.6 Å². The summed E-state index contributed by atoms with van der Waals surface area (Å²) in [6.45, 7) is 3.79. The van der Waals surface area contributed by atoms with Crippen LogP contribution in [-0.2, 0) is 0 Å². The predicted octanol–water partition coefficient (Wildman–Crippen LogP) is 9.03. The number of allylic oxidation sites excluding steroid dienone is 2. The number of hydrogen-bond donors (Lipinski definition) is 4. The molecular formula is C44H36N8O4S2. The molecule has 4 aromatic carbocycles. The molecule has 4 heterocycles. The third kappa shape index (κ3) is 7.88. The molecule has 6 aromatic rings. The molecule has 2 aromatic heterocycles. The number of aromatic hydroxyl groups is 2. The van der Waals surface area contributed by atoms with Crippen LogP contribution in [0, 0.1) is 22.7 Å². The number of amides is 4. The maximum Gasteiger partial charge on any atom is 0.322 e. The molecule has 12 nitrogen and oxygen atoms in total. The summed E-state index contributed by atoms with van der Waals surface area (Å²) in [5.41, 5.74) is 9.50. The fraction of sp³-hybridized carbons (Fsp3) is 0.136. The molecule has 4 N–H and O–H groups in total. The van der Waals surface area contributed by atoms with Crippen molar-refractivity contribution in [2.45, 2.75) is 25.9 Å². The highest BCUT2D eigenvalue weighted by atomic mass is 32.1. The lowest BCUT2D eigenvalue weighted by molar-refractivity contribution is 0.213. The Bertz CT molecular complexity index is 2700. The summed E-state index contributed by atoms with van der Waals surface area (Å²) < 4.78 is 0. The number of phenols is 2. The molecule has 0 spiro atoms. The maximum atomic E-state index is 12.4. The van der Waals surface area contributed by atoms with Gasteiger partial charge in [0.2, 0.25) is 0 Å². The van der Waals surface area contributed by atoms with Crippen molar-refractivity contribution in [1.82, 2.24) is 30.4 Å². The van der Waals surface area contributed by atoms with Crippen LogP contribution in [0.4, 0.5) is 9.59 Å². The van der Waals surface area contributed by atoms with Gasteiger partial charge in [0.15, 0.2) is 0 Å². The molecule has 2 atom stereocenters. The second-order valence-corrected chi connectivity index (χ2v) is 15.2. The number of phenolic OH excluding ortho intramolecular Hbond substituents is 2. The largest absolute Gasteiger partial charge is 0.508 e. The normalized spacial score (nSPS) is 16.5. The van der Waals surface area contributed by atoms with Gasteiger partial charge in [0.1, 0.15) is 21.5 Å². The van der Waals surface area contributed by atoms with Gasteiger partial charge in [-0.1, -0.05) is 48.5 Å². The van der Waals surface area contributed by atoms with E-state index in [4.69, 9.17) is 20.5 Å². The van der Waals surface area contributed by atoms with E-state index in [0.29, 0.717) is 11.1 Å². The van der Waals surface area contributed by atoms with Crippen molar-refractivity contribution in [2.24, 2.45) is 0 Å². The lowest BCUT2D eigenvalue weighted by atomic mass is 9.95. The summed E-state index contributed by atoms with van der Waals surface area (Å²) in [5, 5.41) is 49.4. The van der Waals surface area contributed by atoms with Gasteiger partial charge in [-0.3, -0.25) is 0 Å². The van der Waals surface area contributed by atoms with E-state index in [-0.39, 0.29) is 23.6 Å². The second-order valence-electron chi connectivity index (χ2n) is 13.5. The molecule has 2 unspecified atom stereocenters. The average molecular weight is 805 g/mol. The third-order valence-electron chi connectivity index (χ3n) is 9.98. The van der Waals surface area contributed by atoms with E-state index in [1.165, 1.54) is 22.7 Å². The van der Waals surface area contributed by atoms with Crippen LogP contribution in [0.2, 0.25) is 0 Å². The first-order chi connectivity index (χ1) is 27.9. The summed E-state index contributed by atoms with van der Waals surface area (Å²) in [5.74, 6) is 0.283. The van der Waals surface area contributed by atoms with Crippen LogP contribution in [0.15, 0.2) is 119 Å². The van der Waals surface area contributed by atoms with Gasteiger partial charge in [0, 0.05) is 58.5 Å². The number of rotatable bonds is 6. The van der Waals surface area contributed by atoms with Gasteiger partial charge in [-0.25, -0.2) is 19.6 Å². The van der Waals surface area contributed by atoms with E-state index in [9.17, 15) is 19.8 Å². The fourth-order valence-corrected chi connectivity index (χ4v) is 8.57. The Morgan fingerprint density at radius 1 is 0.621 bits per heavy atom. The number of carbonyl (C=O) groups excluding carboxylic acids is 2. The van der Waals surface area contributed by atoms with Crippen LogP contribution in [-0.4, -0.2) is 56.1 Å². The molecule has 2 aliphatic heterocycles. The SMILES string of the molecule is CC1=C(c2nc(-c3ccc(C#N)cc3)cs2)C(c2cccc(O)c2)NC(=O)N1C.CC1=C(c2nc(-c3cccc(C#N)c3)cs2)C(c2cccc(O)c2)NC(=O)N1C. The van der Waals surface area contributed by atoms with Crippen LogP contribution < -0.4 is 10.6 Å². The zero-order valence-corrected chi connectivity index (χ0v) is 33.4. The average Bonchev–Trinajstić information content (AvgIpc) is 3.93. The first-order valence-corrected chi connectivity index (χ1v) is 19.7. The summed E-state index contributed by atoms with van der Waals surface area (Å²) in [6.07, 6.45) is 0. The van der Waals surface area contributed by atoms with Crippen molar-refractivity contribution in [1.29, 1.82) is 10.5 Å². The lowest BCUT2D eigenvalue weighted by Crippen LogP contribution is -2.44. The highest BCUT2D eigenvalue weighted by Gasteiger charge is 2.34. The number of hydrogen-bond acceptors (Lipinski definition) is 10. The Kier molecular flexibility index (Phi) is 11.1. The Balaban J connectivity index is 0.000000177. The highest BCUT2D eigenvalue weighted by molar-refractivity contribution is 7.11. The minimum atomic E-state index is -0.421. The first kappa shape index (κ1) is 39.0. The number of thiazole rings is 2. The molecule has 58 heavy (non-hydrogen) atoms. The van der Waals surface area contributed by atoms with Crippen LogP contribution in [0.5, 0.6) is 11.5 Å². The summed E-state index contributed by atoms with van der Waals surface area (Å²) in [7, 11) is 3.44. The van der Waals surface area contributed by atoms with Crippen molar-refractivity contribution in [3.8, 4) is 46.2 Å². The minimum Gasteiger partial charge on any atom is -0.508 e. The van der Waals surface area contributed by atoms with Crippen LogP contribution >= 0.6 is 22.7 Å². The van der Waals surface area contributed by atoms with Gasteiger partial charge in [-0.05, 0) is 73.5 Å². The Morgan fingerprint density at radius 2 is 1.09 bits per heavy atom. The summed E-state index contributed by atoms with van der Waals surface area (Å²) in [4.78, 5) is 37.6. The molecular weight excluding hydrogens is 769 g/mol. The van der Waals surface area contributed by atoms with E-state index in [1.54, 1.807) is 78.5 Å². The molecule has 0 saturated heterocycles. The third-order valence-corrected chi connectivity index (χ3v) is 11.7. The van der Waals surface area contributed by atoms with Gasteiger partial charge in [0.25, 0.3) is 0 Å². The van der Waals surface area contributed by atoms with E-state index in [1.807, 2.05) is 67.1 Å². The van der Waals surface area contributed by atoms with E-state index in [2.05, 4.69) is 22.8 Å². The molecule has 0 radical (unpaired) electrons. The molecule has 2 aliphatic rings. The number of urea groups is 2. The fourth-order valence-electron chi connectivity index (χ4n) is 6.66. The van der Waals surface area contributed by atoms with Crippen molar-refractivity contribution in [2.75, 3.05) is 14.1 Å². The summed E-state index contributed by atoms with van der Waals surface area (Å²) >= 11 is 2.98. The van der Waals surface area contributed by atoms with Gasteiger partial charge in [0.05, 0.1) is 46.7 Å². The van der Waals surface area contributed by atoms with Crippen LogP contribution in [0.25, 0.3) is 33.7 Å². The minimum absolute atomic E-state index is 0.140. The predicted molar refractivity (Wildman–Crippen MR) is 224 cm³/mol. The molecule has 8 rings (SSSR count). The molecule has 14 heteroatoms. The van der Waals surface area contributed by atoms with Crippen LogP contribution in [0.3, 0.4) is 0 Å². The van der Waals surface area contributed by atoms with E-state index < -0.39 is 12.1 Å². The molecule has 0 bridgehead atoms. The second kappa shape index (κ2) is 16.5. The zero-order valence-electron chi connectivity index (χ0n) is 31.8. The zero-order chi connectivity index (χ0) is 41.1. The number of benzene rings is 4. The monoisotopic (exact) mass is 804 g/mol. The van der Waals surface area contributed by atoms with Crippen molar-refractivity contribution in [3.05, 3.63) is 151 Å². The smallest absolute Gasteiger partial charge is 0.322 e. The Labute approximate surface area is 342 Å². The van der Waals surface area contributed by atoms with E-state index >= 15 is 0 Å². The standard InChI is InChI=1S/2C22H18N4O2S/c1-13-19(20(25-22(28)26(13)2)16-7-4-8-17(27)10-16)21-24-18(12-29-21)15-6-3-5-14(9-15)11-23;1-13-19(20(25-22(28)26(13)2)16-4-3-5-17(27)10-16)21-24-18(12-29-21)15-8-6-14(11-23)7-9-15/h2*3-10,12,20,27H,1-2H3,(H,25,28). The Morgan fingerprint density at radius 3 is 1.55 bits per heavy atom. The molecule has 0 saturated carbocycles. The van der Waals surface area contributed by atoms with Gasteiger partial charge in [-0.2, -0.15) is 10.5 Å². The number of aromatic nitrogens is 2. The number of nitrogens with one attached hydrogen (secondary N) is 2. The quantitative estimate of drug-likeness (QED) is 0.129. The van der Waals surface area contributed by atoms with Crippen LogP contribution in [0.1, 0.15) is 58.2 Å². The van der Waals surface area contributed by atoms with Crippen molar-refractivity contribution < 1.29 is 19.8 Å². The first-order valence-electron chi connectivity index (χ1n) is 18.0. The Hall–Kier alpha value is -7.26.